The van der Waals surface area contributed by atoms with Crippen LogP contribution in [-0.2, 0) is 6.42 Å². The van der Waals surface area contributed by atoms with E-state index in [9.17, 15) is 4.79 Å². The number of hydrogen-bond acceptors (Lipinski definition) is 4. The first-order chi connectivity index (χ1) is 13.5. The Hall–Kier alpha value is -3.18. The first kappa shape index (κ1) is 19.6. The maximum atomic E-state index is 12.7. The van der Waals surface area contributed by atoms with Crippen LogP contribution in [0.2, 0.25) is 5.02 Å². The number of anilines is 3. The van der Waals surface area contributed by atoms with Crippen molar-refractivity contribution in [2.24, 2.45) is 0 Å². The van der Waals surface area contributed by atoms with E-state index < -0.39 is 0 Å². The van der Waals surface area contributed by atoms with E-state index in [1.54, 1.807) is 6.92 Å². The highest BCUT2D eigenvalue weighted by Gasteiger charge is 2.20. The Morgan fingerprint density at radius 3 is 2.36 bits per heavy atom. The zero-order valence-corrected chi connectivity index (χ0v) is 16.5. The van der Waals surface area contributed by atoms with Gasteiger partial charge in [0.15, 0.2) is 0 Å². The maximum absolute atomic E-state index is 12.7. The second-order valence-corrected chi connectivity index (χ2v) is 6.71. The summed E-state index contributed by atoms with van der Waals surface area (Å²) in [6, 6.07) is 17.1. The van der Waals surface area contributed by atoms with Crippen LogP contribution in [0.3, 0.4) is 0 Å². The molecule has 2 aromatic carbocycles. The number of benzene rings is 2. The molecule has 0 aliphatic heterocycles. The van der Waals surface area contributed by atoms with Crippen LogP contribution in [0, 0.1) is 5.41 Å². The molecule has 1 aromatic heterocycles. The number of nitrogens with zero attached hydrogens (tertiary/aromatic N) is 1. The van der Waals surface area contributed by atoms with Crippen LogP contribution >= 0.6 is 11.6 Å². The van der Waals surface area contributed by atoms with Gasteiger partial charge in [0.05, 0.1) is 16.1 Å². The zero-order chi connectivity index (χ0) is 20.1. The summed E-state index contributed by atoms with van der Waals surface area (Å²) in [6.45, 7) is 3.69. The summed E-state index contributed by atoms with van der Waals surface area (Å²) >= 11 is 6.50. The molecule has 0 fully saturated rings. The molecule has 0 saturated carbocycles. The highest BCUT2D eigenvalue weighted by Crippen LogP contribution is 2.29. The van der Waals surface area contributed by atoms with Crippen molar-refractivity contribution in [3.63, 3.8) is 0 Å². The first-order valence-corrected chi connectivity index (χ1v) is 9.33. The van der Waals surface area contributed by atoms with Crippen LogP contribution < -0.4 is 10.6 Å². The molecule has 0 aliphatic carbocycles. The number of aryl methyl sites for hydroxylation is 1. The van der Waals surface area contributed by atoms with Crippen LogP contribution in [0.15, 0.2) is 60.8 Å². The van der Waals surface area contributed by atoms with Crippen molar-refractivity contribution in [3.05, 3.63) is 82.5 Å². The molecule has 142 valence electrons. The summed E-state index contributed by atoms with van der Waals surface area (Å²) in [6.07, 6.45) is 2.36. The van der Waals surface area contributed by atoms with Gasteiger partial charge in [-0.3, -0.25) is 4.79 Å². The molecule has 3 aromatic rings. The minimum atomic E-state index is -0.365. The van der Waals surface area contributed by atoms with Crippen molar-refractivity contribution in [2.75, 3.05) is 10.6 Å². The number of hydrogen-bond donors (Lipinski definition) is 3. The highest BCUT2D eigenvalue weighted by molar-refractivity contribution is 6.38. The quantitative estimate of drug-likeness (QED) is 0.472. The van der Waals surface area contributed by atoms with E-state index >= 15 is 0 Å². The lowest BCUT2D eigenvalue weighted by atomic mass is 10.1. The number of pyridine rings is 1. The van der Waals surface area contributed by atoms with Gasteiger partial charge in [-0.25, -0.2) is 4.98 Å². The molecule has 28 heavy (non-hydrogen) atoms. The van der Waals surface area contributed by atoms with Crippen LogP contribution in [0.4, 0.5) is 17.2 Å². The Kier molecular flexibility index (Phi) is 6.06. The largest absolute Gasteiger partial charge is 0.340 e. The molecular formula is C22H21ClN4O. The molecule has 0 atom stereocenters. The molecule has 3 rings (SSSR count). The van der Waals surface area contributed by atoms with Gasteiger partial charge in [-0.05, 0) is 43.2 Å². The monoisotopic (exact) mass is 392 g/mol. The normalized spacial score (nSPS) is 10.4. The Morgan fingerprint density at radius 2 is 1.75 bits per heavy atom. The lowest BCUT2D eigenvalue weighted by Crippen LogP contribution is -2.15. The fourth-order valence-corrected chi connectivity index (χ4v) is 3.13. The van der Waals surface area contributed by atoms with Gasteiger partial charge in [-0.2, -0.15) is 0 Å². The molecule has 6 heteroatoms. The fraction of sp³-hybridized carbons (Fsp3) is 0.136. The van der Waals surface area contributed by atoms with Gasteiger partial charge >= 0.3 is 0 Å². The lowest BCUT2D eigenvalue weighted by Gasteiger charge is -2.15. The number of halogens is 1. The van der Waals surface area contributed by atoms with Gasteiger partial charge in [-0.15, -0.1) is 0 Å². The second-order valence-electron chi connectivity index (χ2n) is 6.33. The number of para-hydroxylation sites is 1. The molecule has 0 saturated heterocycles. The molecule has 0 radical (unpaired) electrons. The lowest BCUT2D eigenvalue weighted by molar-refractivity contribution is 0.102. The van der Waals surface area contributed by atoms with E-state index in [1.165, 1.54) is 11.8 Å². The minimum absolute atomic E-state index is 0.198. The van der Waals surface area contributed by atoms with Crippen molar-refractivity contribution in [1.82, 2.24) is 4.98 Å². The van der Waals surface area contributed by atoms with E-state index in [-0.39, 0.29) is 22.2 Å². The predicted molar refractivity (Wildman–Crippen MR) is 115 cm³/mol. The molecule has 0 aliphatic rings. The average molecular weight is 393 g/mol. The second kappa shape index (κ2) is 8.67. The van der Waals surface area contributed by atoms with Crippen LogP contribution in [-0.4, -0.2) is 16.6 Å². The molecule has 0 spiro atoms. The topological polar surface area (TPSA) is 77.9 Å². The molecule has 0 bridgehead atoms. The third-order valence-electron chi connectivity index (χ3n) is 4.29. The van der Waals surface area contributed by atoms with Crippen molar-refractivity contribution < 1.29 is 4.79 Å². The van der Waals surface area contributed by atoms with Gasteiger partial charge < -0.3 is 16.0 Å². The smallest absolute Gasteiger partial charge is 0.258 e. The van der Waals surface area contributed by atoms with Gasteiger partial charge in [0.2, 0.25) is 0 Å². The van der Waals surface area contributed by atoms with Crippen molar-refractivity contribution >= 4 is 40.4 Å². The number of nitrogens with one attached hydrogen (secondary N) is 3. The zero-order valence-electron chi connectivity index (χ0n) is 15.7. The minimum Gasteiger partial charge on any atom is -0.340 e. The van der Waals surface area contributed by atoms with Crippen LogP contribution in [0.1, 0.15) is 35.3 Å². The summed E-state index contributed by atoms with van der Waals surface area (Å²) < 4.78 is 0. The Balaban J connectivity index is 1.89. The molecule has 1 heterocycles. The number of rotatable bonds is 6. The van der Waals surface area contributed by atoms with Crippen LogP contribution in [0.25, 0.3) is 0 Å². The molecule has 1 amide bonds. The van der Waals surface area contributed by atoms with Gasteiger partial charge in [0.25, 0.3) is 5.91 Å². The number of amides is 1. The third kappa shape index (κ3) is 4.38. The maximum Gasteiger partial charge on any atom is 0.258 e. The Bertz CT molecular complexity index is 1000. The van der Waals surface area contributed by atoms with Crippen molar-refractivity contribution in [3.8, 4) is 0 Å². The number of carbonyl (C=O) groups is 1. The summed E-state index contributed by atoms with van der Waals surface area (Å²) in [5.74, 6) is 0.0723. The molecule has 5 nitrogen and oxygen atoms in total. The van der Waals surface area contributed by atoms with Crippen molar-refractivity contribution in [2.45, 2.75) is 20.3 Å². The summed E-state index contributed by atoms with van der Waals surface area (Å²) in [7, 11) is 0. The Labute approximate surface area is 169 Å². The van der Waals surface area contributed by atoms with E-state index in [0.29, 0.717) is 17.1 Å². The van der Waals surface area contributed by atoms with Crippen LogP contribution in [0.5, 0.6) is 0 Å². The summed E-state index contributed by atoms with van der Waals surface area (Å²) in [4.78, 5) is 17.1. The molecule has 0 unspecified atom stereocenters. The third-order valence-corrected chi connectivity index (χ3v) is 4.68. The Morgan fingerprint density at radius 1 is 1.07 bits per heavy atom. The van der Waals surface area contributed by atoms with Gasteiger partial charge in [0.1, 0.15) is 5.82 Å². The standard InChI is InChI=1S/C22H21ClN4O/c1-3-15-9-11-17(12-10-15)27-22(28)18-13-25-21(19(14(2)24)20(18)23)26-16-7-5-4-6-8-16/h4-13,24H,3H2,1-2H3,(H,25,26)(H,27,28). The van der Waals surface area contributed by atoms with E-state index in [1.807, 2.05) is 54.6 Å². The predicted octanol–water partition coefficient (Wildman–Crippen LogP) is 5.68. The molecular weight excluding hydrogens is 372 g/mol. The van der Waals surface area contributed by atoms with E-state index in [2.05, 4.69) is 22.5 Å². The number of carbonyl (C=O) groups excluding carboxylic acids is 1. The fourth-order valence-electron chi connectivity index (χ4n) is 2.76. The average Bonchev–Trinajstić information content (AvgIpc) is 2.69. The van der Waals surface area contributed by atoms with E-state index in [0.717, 1.165) is 12.1 Å². The molecule has 3 N–H and O–H groups in total. The first-order valence-electron chi connectivity index (χ1n) is 8.96. The van der Waals surface area contributed by atoms with Crippen molar-refractivity contribution in [1.29, 1.82) is 5.41 Å². The summed E-state index contributed by atoms with van der Waals surface area (Å²) in [5, 5.41) is 14.3. The highest BCUT2D eigenvalue weighted by atomic mass is 35.5. The van der Waals surface area contributed by atoms with E-state index in [4.69, 9.17) is 17.0 Å². The SMILES string of the molecule is CCc1ccc(NC(=O)c2cnc(Nc3ccccc3)c(C(C)=N)c2Cl)cc1. The summed E-state index contributed by atoms with van der Waals surface area (Å²) in [5.41, 5.74) is 3.54. The van der Waals surface area contributed by atoms with Gasteiger partial charge in [0, 0.05) is 23.3 Å². The van der Waals surface area contributed by atoms with Gasteiger partial charge in [-0.1, -0.05) is 48.9 Å². The number of aromatic nitrogens is 1.